The molecule has 0 amide bonds. The summed E-state index contributed by atoms with van der Waals surface area (Å²) in [6.45, 7) is 6.28. The molecule has 0 aliphatic rings. The monoisotopic (exact) mass is 151 g/mol. The van der Waals surface area contributed by atoms with E-state index in [0.717, 1.165) is 25.9 Å². The minimum atomic E-state index is 0.784. The van der Waals surface area contributed by atoms with Crippen molar-refractivity contribution in [2.75, 3.05) is 13.1 Å². The largest absolute Gasteiger partial charge is 0.317 e. The molecule has 1 heteroatoms. The summed E-state index contributed by atoms with van der Waals surface area (Å²) < 4.78 is 0. The Morgan fingerprint density at radius 3 is 2.91 bits per heavy atom. The van der Waals surface area contributed by atoms with Gasteiger partial charge in [-0.2, -0.15) is 0 Å². The van der Waals surface area contributed by atoms with E-state index in [1.807, 2.05) is 0 Å². The van der Waals surface area contributed by atoms with Crippen LogP contribution in [0.2, 0.25) is 0 Å². The fraction of sp³-hybridized carbons (Fsp3) is 0.600. The Hall–Kier alpha value is -0.740. The van der Waals surface area contributed by atoms with Crippen LogP contribution < -0.4 is 5.32 Å². The fourth-order valence-corrected chi connectivity index (χ4v) is 0.831. The third kappa shape index (κ3) is 7.15. The molecule has 0 rings (SSSR count). The van der Waals surface area contributed by atoms with Crippen molar-refractivity contribution in [3.05, 3.63) is 11.6 Å². The highest BCUT2D eigenvalue weighted by atomic mass is 14.8. The van der Waals surface area contributed by atoms with Crippen molar-refractivity contribution in [3.8, 4) is 12.3 Å². The third-order valence-corrected chi connectivity index (χ3v) is 1.44. The van der Waals surface area contributed by atoms with Crippen molar-refractivity contribution in [2.45, 2.75) is 26.7 Å². The molecule has 0 saturated carbocycles. The molecule has 0 spiro atoms. The Balaban J connectivity index is 3.34. The molecule has 0 aromatic carbocycles. The van der Waals surface area contributed by atoms with Gasteiger partial charge < -0.3 is 5.32 Å². The van der Waals surface area contributed by atoms with Crippen molar-refractivity contribution in [2.24, 2.45) is 0 Å². The summed E-state index contributed by atoms with van der Waals surface area (Å²) in [5.41, 5.74) is 1.30. The van der Waals surface area contributed by atoms with Crippen molar-refractivity contribution in [1.82, 2.24) is 5.32 Å². The summed E-state index contributed by atoms with van der Waals surface area (Å²) in [6, 6.07) is 0. The topological polar surface area (TPSA) is 12.0 Å². The predicted octanol–water partition coefficient (Wildman–Crippen LogP) is 1.96. The average Bonchev–Trinajstić information content (AvgIpc) is 1.99. The Bertz CT molecular complexity index is 151. The van der Waals surface area contributed by atoms with Gasteiger partial charge in [0.25, 0.3) is 0 Å². The number of rotatable bonds is 5. The van der Waals surface area contributed by atoms with Crippen LogP contribution in [0.5, 0.6) is 0 Å². The van der Waals surface area contributed by atoms with Gasteiger partial charge in [-0.1, -0.05) is 18.6 Å². The standard InChI is InChI=1S/C10H17N/c1-4-7-10(3)8-6-9-11-5-2/h1,8,11H,5-7,9H2,2-3H3. The quantitative estimate of drug-likeness (QED) is 0.360. The first-order valence-electron chi connectivity index (χ1n) is 4.11. The fourth-order valence-electron chi connectivity index (χ4n) is 0.831. The van der Waals surface area contributed by atoms with Crippen LogP contribution in [0.1, 0.15) is 26.7 Å². The van der Waals surface area contributed by atoms with Crippen molar-refractivity contribution in [3.63, 3.8) is 0 Å². The maximum absolute atomic E-state index is 5.15. The highest BCUT2D eigenvalue weighted by Gasteiger charge is 1.84. The highest BCUT2D eigenvalue weighted by Crippen LogP contribution is 1.98. The molecule has 0 unspecified atom stereocenters. The molecule has 0 saturated heterocycles. The molecule has 1 N–H and O–H groups in total. The maximum Gasteiger partial charge on any atom is 0.0293 e. The first-order chi connectivity index (χ1) is 5.31. The Labute approximate surface area is 69.9 Å². The van der Waals surface area contributed by atoms with Gasteiger partial charge in [0.15, 0.2) is 0 Å². The van der Waals surface area contributed by atoms with E-state index < -0.39 is 0 Å². The van der Waals surface area contributed by atoms with Gasteiger partial charge >= 0.3 is 0 Å². The molecule has 0 heterocycles. The van der Waals surface area contributed by atoms with Gasteiger partial charge in [0.2, 0.25) is 0 Å². The second-order valence-corrected chi connectivity index (χ2v) is 2.57. The molecular weight excluding hydrogens is 134 g/mol. The van der Waals surface area contributed by atoms with Crippen LogP contribution in [-0.2, 0) is 0 Å². The smallest absolute Gasteiger partial charge is 0.0293 e. The number of hydrogen-bond donors (Lipinski definition) is 1. The Morgan fingerprint density at radius 1 is 1.64 bits per heavy atom. The lowest BCUT2D eigenvalue weighted by molar-refractivity contribution is 0.724. The third-order valence-electron chi connectivity index (χ3n) is 1.44. The van der Waals surface area contributed by atoms with Gasteiger partial charge in [-0.3, -0.25) is 0 Å². The Morgan fingerprint density at radius 2 is 2.36 bits per heavy atom. The van der Waals surface area contributed by atoms with Crippen LogP contribution in [0.15, 0.2) is 11.6 Å². The van der Waals surface area contributed by atoms with E-state index in [-0.39, 0.29) is 0 Å². The first-order valence-corrected chi connectivity index (χ1v) is 4.11. The van der Waals surface area contributed by atoms with E-state index in [9.17, 15) is 0 Å². The van der Waals surface area contributed by atoms with E-state index in [0.29, 0.717) is 0 Å². The molecule has 0 aromatic rings. The lowest BCUT2D eigenvalue weighted by atomic mass is 10.2. The van der Waals surface area contributed by atoms with Crippen molar-refractivity contribution >= 4 is 0 Å². The van der Waals surface area contributed by atoms with E-state index in [2.05, 4.69) is 31.2 Å². The summed E-state index contributed by atoms with van der Waals surface area (Å²) in [5, 5.41) is 3.25. The Kier molecular flexibility index (Phi) is 6.87. The molecule has 0 atom stereocenters. The second-order valence-electron chi connectivity index (χ2n) is 2.57. The maximum atomic E-state index is 5.15. The molecule has 0 aromatic heterocycles. The molecule has 0 radical (unpaired) electrons. The average molecular weight is 151 g/mol. The predicted molar refractivity (Wildman–Crippen MR) is 50.4 cm³/mol. The molecule has 11 heavy (non-hydrogen) atoms. The van der Waals surface area contributed by atoms with Gasteiger partial charge in [-0.25, -0.2) is 0 Å². The summed E-state index contributed by atoms with van der Waals surface area (Å²) in [7, 11) is 0. The SMILES string of the molecule is C#CCC(C)=CCCNCC. The van der Waals surface area contributed by atoms with Crippen LogP contribution >= 0.6 is 0 Å². The van der Waals surface area contributed by atoms with Crippen LogP contribution in [0.3, 0.4) is 0 Å². The molecule has 0 fully saturated rings. The number of nitrogens with one attached hydrogen (secondary N) is 1. The van der Waals surface area contributed by atoms with Gasteiger partial charge in [0.05, 0.1) is 0 Å². The van der Waals surface area contributed by atoms with Crippen LogP contribution in [0.25, 0.3) is 0 Å². The van der Waals surface area contributed by atoms with E-state index in [1.54, 1.807) is 0 Å². The van der Waals surface area contributed by atoms with Crippen molar-refractivity contribution < 1.29 is 0 Å². The van der Waals surface area contributed by atoms with Gasteiger partial charge in [0, 0.05) is 6.42 Å². The minimum Gasteiger partial charge on any atom is -0.317 e. The lowest BCUT2D eigenvalue weighted by Crippen LogP contribution is -2.13. The number of terminal acetylenes is 1. The number of allylic oxidation sites excluding steroid dienone is 1. The molecule has 62 valence electrons. The summed E-state index contributed by atoms with van der Waals surface area (Å²) in [5.74, 6) is 2.62. The van der Waals surface area contributed by atoms with E-state index in [1.165, 1.54) is 5.57 Å². The molecule has 0 bridgehead atoms. The van der Waals surface area contributed by atoms with Gasteiger partial charge in [0.1, 0.15) is 0 Å². The normalized spacial score (nSPS) is 11.2. The van der Waals surface area contributed by atoms with Gasteiger partial charge in [-0.05, 0) is 26.4 Å². The number of hydrogen-bond acceptors (Lipinski definition) is 1. The first kappa shape index (κ1) is 10.3. The zero-order valence-electron chi connectivity index (χ0n) is 7.48. The second kappa shape index (κ2) is 7.37. The minimum absolute atomic E-state index is 0.784. The van der Waals surface area contributed by atoms with Gasteiger partial charge in [-0.15, -0.1) is 12.3 Å². The summed E-state index contributed by atoms with van der Waals surface area (Å²) in [4.78, 5) is 0. The van der Waals surface area contributed by atoms with Crippen LogP contribution in [0, 0.1) is 12.3 Å². The van der Waals surface area contributed by atoms with E-state index >= 15 is 0 Å². The summed E-state index contributed by atoms with van der Waals surface area (Å²) >= 11 is 0. The van der Waals surface area contributed by atoms with Crippen LogP contribution in [-0.4, -0.2) is 13.1 Å². The zero-order valence-corrected chi connectivity index (χ0v) is 7.48. The molecule has 0 aliphatic carbocycles. The molecule has 0 aliphatic heterocycles. The summed E-state index contributed by atoms with van der Waals surface area (Å²) in [6.07, 6.45) is 9.22. The van der Waals surface area contributed by atoms with Crippen molar-refractivity contribution in [1.29, 1.82) is 0 Å². The van der Waals surface area contributed by atoms with E-state index in [4.69, 9.17) is 6.42 Å². The van der Waals surface area contributed by atoms with Crippen LogP contribution in [0.4, 0.5) is 0 Å². The molecule has 1 nitrogen and oxygen atoms in total. The highest BCUT2D eigenvalue weighted by molar-refractivity contribution is 5.07. The lowest BCUT2D eigenvalue weighted by Gasteiger charge is -1.97. The molecular formula is C10H17N. The zero-order chi connectivity index (χ0) is 8.53.